The topological polar surface area (TPSA) is 479 Å². The van der Waals surface area contributed by atoms with Gasteiger partial charge in [0.1, 0.15) is 18.4 Å². The highest BCUT2D eigenvalue weighted by Crippen LogP contribution is 2.52. The first-order valence-corrected chi connectivity index (χ1v) is 45.6. The number of carbonyl (C=O) groups excluding carboxylic acids is 7. The molecule has 2 fully saturated rings. The van der Waals surface area contributed by atoms with E-state index in [0.29, 0.717) is 101 Å². The number of primary amides is 1. The predicted molar refractivity (Wildman–Crippen MR) is 449 cm³/mol. The van der Waals surface area contributed by atoms with Gasteiger partial charge in [-0.3, -0.25) is 86.1 Å². The molecular weight excluding hydrogens is 1610 g/mol. The number of hydrogen-bond acceptors (Lipinski definition) is 21. The van der Waals surface area contributed by atoms with Crippen molar-refractivity contribution in [1.82, 2.24) is 40.4 Å². The molecule has 0 spiro atoms. The molecule has 4 aliphatic heterocycles. The zero-order chi connectivity index (χ0) is 87.6. The summed E-state index contributed by atoms with van der Waals surface area (Å²) in [4.78, 5) is 138. The molecule has 3 atom stereocenters. The van der Waals surface area contributed by atoms with E-state index in [1.807, 2.05) is 30.4 Å². The number of nitrogens with zero attached hydrogens (tertiary/aromatic N) is 7. The molecule has 1 aliphatic carbocycles. The van der Waals surface area contributed by atoms with Gasteiger partial charge in [0.15, 0.2) is 5.71 Å². The predicted octanol–water partition coefficient (Wildman–Crippen LogP) is 6.43. The van der Waals surface area contributed by atoms with E-state index in [-0.39, 0.29) is 188 Å². The minimum absolute atomic E-state index is 0.000637. The van der Waals surface area contributed by atoms with Crippen molar-refractivity contribution in [1.29, 1.82) is 0 Å². The molecule has 36 heteroatoms. The summed E-state index contributed by atoms with van der Waals surface area (Å²) in [6.45, 7) is 11.9. The van der Waals surface area contributed by atoms with E-state index < -0.39 is 88.1 Å². The number of Topliss-reactive ketones (excluding diaryl/α,β-unsaturated/α-hetero) is 1. The Morgan fingerprint density at radius 1 is 0.592 bits per heavy atom. The quantitative estimate of drug-likeness (QED) is 0.00988. The average molecular weight is 1730 g/mol. The standard InChI is InChI=1S/C84H115N11O22S3/c1-56(118(109,110)111)35-39-94-68-32-26-60-49-63(120(115,116)117)28-30-65(60)80(68)84(4,5)71(94)19-9-6-8-18-70-83(2,3)79-64-29-27-62(119(112,113)114)48-59(64)25-31-67(79)93(70)38-15-7-10-20-72(97)86-36-13-11-16-61(50-69(96)58-23-21-57(22-24-58)51-95-74(99)33-34-75(95)100)82(108)88-66(81(85)107)17-12-14-37-87-73(98)52-89-40-42-90(53-76(101)102)44-46-92(55-78(105)106)47-45-91(43-41-89)54-77(103)104/h6,8,18,25-34,48-49,56-58,61,66H,7,9-17,19-24,35-47,50-55H2,1-5H3,(H10-,85,86,87,88,97,98,101,102,103,104,105,106,107,108,109,110,111,112,113,114,115,116,117)/p+1/b8-6+,70-18+/t56?,57?,58?,61-,66-/m0/s1. The number of carboxylic acids is 3. The molecule has 120 heavy (non-hydrogen) atoms. The highest BCUT2D eigenvalue weighted by molar-refractivity contribution is 7.86. The lowest BCUT2D eigenvalue weighted by Gasteiger charge is -2.32. The molecule has 4 aromatic carbocycles. The van der Waals surface area contributed by atoms with Crippen molar-refractivity contribution >= 4 is 128 Å². The molecule has 656 valence electrons. The van der Waals surface area contributed by atoms with Crippen LogP contribution in [0.25, 0.3) is 21.5 Å². The number of ketones is 1. The third-order valence-corrected chi connectivity index (χ3v) is 26.8. The Morgan fingerprint density at radius 2 is 1.11 bits per heavy atom. The number of carboxylic acid groups (broad SMARTS) is 3. The van der Waals surface area contributed by atoms with Crippen molar-refractivity contribution < 1.29 is 107 Å². The van der Waals surface area contributed by atoms with Gasteiger partial charge in [0.2, 0.25) is 29.3 Å². The van der Waals surface area contributed by atoms with E-state index in [1.54, 1.807) is 37.8 Å². The number of benzene rings is 4. The monoisotopic (exact) mass is 1730 g/mol. The lowest BCUT2D eigenvalue weighted by atomic mass is 9.77. The average Bonchev–Trinajstić information content (AvgIpc) is 1.57. The van der Waals surface area contributed by atoms with E-state index in [2.05, 4.69) is 59.2 Å². The minimum Gasteiger partial charge on any atom is -0.480 e. The number of unbranched alkanes of at least 4 members (excludes halogenated alkanes) is 4. The maximum Gasteiger partial charge on any atom is 0.317 e. The lowest BCUT2D eigenvalue weighted by molar-refractivity contribution is -0.440. The first-order chi connectivity index (χ1) is 56.6. The van der Waals surface area contributed by atoms with Crippen molar-refractivity contribution in [3.63, 3.8) is 0 Å². The van der Waals surface area contributed by atoms with E-state index in [9.17, 15) is 102 Å². The second kappa shape index (κ2) is 42.0. The van der Waals surface area contributed by atoms with Gasteiger partial charge in [-0.1, -0.05) is 57.0 Å². The zero-order valence-corrected chi connectivity index (χ0v) is 71.4. The summed E-state index contributed by atoms with van der Waals surface area (Å²) in [7, 11) is -13.4. The number of anilines is 1. The second-order valence-electron chi connectivity index (χ2n) is 33.2. The largest absolute Gasteiger partial charge is 0.480 e. The Labute approximate surface area is 701 Å². The Morgan fingerprint density at radius 3 is 1.63 bits per heavy atom. The van der Waals surface area contributed by atoms with Gasteiger partial charge >= 0.3 is 17.9 Å². The SMILES string of the molecule is CC(CC[N+]1=C(CC/C=C/C=C2/N(CCCCCC(=O)NCCCC[C@@H](CC(=O)C3CCC(CN4C(=O)C=CC4=O)CC3)C(=O)N[C@@H](CCCCNC(=O)CN3CCN(CC(=O)O)CCN(CC(=O)O)CCN(CC(=O)O)CC3)C(N)=O)c3ccc4cc(S(=O)(=O)O)ccc4c3C2(C)C)C(C)(C)c2c1ccc1cc(S(=O)(=O)O)ccc21)S(=O)(=O)O. The number of nitrogens with two attached hydrogens (primary N) is 1. The van der Waals surface area contributed by atoms with Crippen molar-refractivity contribution in [3.05, 3.63) is 108 Å². The molecule has 6 amide bonds. The third-order valence-electron chi connectivity index (χ3n) is 23.9. The molecule has 0 radical (unpaired) electrons. The van der Waals surface area contributed by atoms with Gasteiger partial charge in [0, 0.05) is 157 Å². The fraction of sp³-hybridized carbons (Fsp3) is 0.560. The van der Waals surface area contributed by atoms with E-state index in [0.717, 1.165) is 44.7 Å². The molecule has 0 bridgehead atoms. The van der Waals surface area contributed by atoms with Crippen LogP contribution in [0.3, 0.4) is 0 Å². The zero-order valence-electron chi connectivity index (χ0n) is 68.9. The van der Waals surface area contributed by atoms with Gasteiger partial charge in [0.25, 0.3) is 42.2 Å². The van der Waals surface area contributed by atoms with Crippen LogP contribution in [0.4, 0.5) is 11.4 Å². The Hall–Kier alpha value is -9.24. The molecule has 1 saturated heterocycles. The molecule has 11 N–H and O–H groups in total. The van der Waals surface area contributed by atoms with Gasteiger partial charge in [-0.15, -0.1) is 0 Å². The summed E-state index contributed by atoms with van der Waals surface area (Å²) in [6.07, 6.45) is 15.7. The minimum atomic E-state index is -4.52. The highest BCUT2D eigenvalue weighted by atomic mass is 32.2. The normalized spacial score (nSPS) is 19.6. The van der Waals surface area contributed by atoms with Gasteiger partial charge in [-0.25, -0.2) is 0 Å². The fourth-order valence-corrected chi connectivity index (χ4v) is 18.7. The summed E-state index contributed by atoms with van der Waals surface area (Å²) in [5, 5.41) is 39.1. The van der Waals surface area contributed by atoms with Gasteiger partial charge in [0.05, 0.1) is 46.6 Å². The van der Waals surface area contributed by atoms with Crippen LogP contribution < -0.4 is 26.6 Å². The molecule has 4 aromatic rings. The number of amides is 6. The van der Waals surface area contributed by atoms with Crippen LogP contribution in [-0.2, 0) is 89.1 Å². The number of allylic oxidation sites excluding steroid dienone is 4. The molecule has 33 nitrogen and oxygen atoms in total. The number of nitrogens with one attached hydrogen (secondary N) is 3. The summed E-state index contributed by atoms with van der Waals surface area (Å²) in [5.74, 6) is -7.29. The van der Waals surface area contributed by atoms with Crippen molar-refractivity contribution in [2.24, 2.45) is 23.5 Å². The molecule has 4 heterocycles. The number of hydrogen-bond donors (Lipinski definition) is 10. The van der Waals surface area contributed by atoms with Gasteiger partial charge < -0.3 is 41.9 Å². The van der Waals surface area contributed by atoms with Gasteiger partial charge in [-0.2, -0.15) is 29.8 Å². The Kier molecular flexibility index (Phi) is 33.1. The van der Waals surface area contributed by atoms with Crippen LogP contribution in [0.5, 0.6) is 0 Å². The lowest BCUT2D eigenvalue weighted by Crippen LogP contribution is -2.49. The van der Waals surface area contributed by atoms with E-state index >= 15 is 0 Å². The van der Waals surface area contributed by atoms with Crippen molar-refractivity contribution in [2.75, 3.05) is 116 Å². The number of rotatable bonds is 42. The summed E-state index contributed by atoms with van der Waals surface area (Å²) in [5.41, 5.74) is 10.0. The van der Waals surface area contributed by atoms with E-state index in [4.69, 9.17) is 5.73 Å². The second-order valence-corrected chi connectivity index (χ2v) is 37.9. The van der Waals surface area contributed by atoms with E-state index in [1.165, 1.54) is 48.2 Å². The molecule has 1 saturated carbocycles. The Balaban J connectivity index is 0.797. The maximum absolute atomic E-state index is 14.3. The van der Waals surface area contributed by atoms with Crippen molar-refractivity contribution in [2.45, 2.75) is 182 Å². The number of aliphatic carboxylic acids is 3. The molecule has 1 unspecified atom stereocenters. The van der Waals surface area contributed by atoms with Crippen LogP contribution in [0.1, 0.15) is 161 Å². The Bertz CT molecular complexity index is 4930. The summed E-state index contributed by atoms with van der Waals surface area (Å²) in [6, 6.07) is 15.2. The maximum atomic E-state index is 14.3. The molecule has 5 aliphatic rings. The fourth-order valence-electron chi connectivity index (χ4n) is 17.2. The van der Waals surface area contributed by atoms with Crippen LogP contribution in [0.15, 0.2) is 107 Å². The number of imide groups is 1. The number of fused-ring (bicyclic) bond motifs is 6. The molecule has 0 aromatic heterocycles. The summed E-state index contributed by atoms with van der Waals surface area (Å²) < 4.78 is 105. The van der Waals surface area contributed by atoms with Crippen LogP contribution in [0, 0.1) is 17.8 Å². The van der Waals surface area contributed by atoms with Crippen molar-refractivity contribution in [3.8, 4) is 0 Å². The van der Waals surface area contributed by atoms with Crippen LogP contribution in [0.2, 0.25) is 0 Å². The van der Waals surface area contributed by atoms with Gasteiger partial charge in [-0.05, 0) is 173 Å². The first-order valence-electron chi connectivity index (χ1n) is 41.2. The third kappa shape index (κ3) is 25.9. The molecular formula is C84H116N11O22S3+. The van der Waals surface area contributed by atoms with Crippen LogP contribution >= 0.6 is 0 Å². The smallest absolute Gasteiger partial charge is 0.317 e. The summed E-state index contributed by atoms with van der Waals surface area (Å²) >= 11 is 0. The first kappa shape index (κ1) is 94.6. The highest BCUT2D eigenvalue weighted by Gasteiger charge is 2.47. The molecule has 9 rings (SSSR count). The van der Waals surface area contributed by atoms with Crippen LogP contribution in [-0.4, -0.2) is 271 Å². The number of carbonyl (C=O) groups is 10.